The monoisotopic (exact) mass is 240 g/mol. The third-order valence-corrected chi connectivity index (χ3v) is 3.56. The normalized spacial score (nSPS) is 15.4. The van der Waals surface area contributed by atoms with E-state index in [-0.39, 0.29) is 0 Å². The predicted octanol–water partition coefficient (Wildman–Crippen LogP) is 1.98. The van der Waals surface area contributed by atoms with Gasteiger partial charge in [-0.25, -0.2) is 4.98 Å². The van der Waals surface area contributed by atoms with E-state index in [2.05, 4.69) is 21.2 Å². The first kappa shape index (κ1) is 11.8. The van der Waals surface area contributed by atoms with Crippen LogP contribution in [-0.4, -0.2) is 29.0 Å². The fraction of sp³-hybridized carbons (Fsp3) is 0.818. The SMILES string of the molecule is CCCN(CCCN)c1nc(C2CC2)ns1. The Kier molecular flexibility index (Phi) is 4.12. The minimum atomic E-state index is 0.656. The molecule has 1 saturated carbocycles. The van der Waals surface area contributed by atoms with Crippen LogP contribution in [0.15, 0.2) is 0 Å². The minimum Gasteiger partial charge on any atom is -0.347 e. The van der Waals surface area contributed by atoms with E-state index in [9.17, 15) is 0 Å². The second kappa shape index (κ2) is 5.59. The third-order valence-electron chi connectivity index (χ3n) is 2.77. The highest BCUT2D eigenvalue weighted by Gasteiger charge is 2.28. The Morgan fingerprint density at radius 1 is 1.44 bits per heavy atom. The molecule has 1 heterocycles. The highest BCUT2D eigenvalue weighted by Crippen LogP contribution is 2.39. The second-order valence-electron chi connectivity index (χ2n) is 4.34. The highest BCUT2D eigenvalue weighted by atomic mass is 32.1. The minimum absolute atomic E-state index is 0.656. The fourth-order valence-electron chi connectivity index (χ4n) is 1.72. The molecule has 0 unspecified atom stereocenters. The zero-order valence-electron chi connectivity index (χ0n) is 9.85. The van der Waals surface area contributed by atoms with E-state index in [0.29, 0.717) is 5.92 Å². The molecular weight excluding hydrogens is 220 g/mol. The Labute approximate surface area is 101 Å². The predicted molar refractivity (Wildman–Crippen MR) is 68.1 cm³/mol. The maximum atomic E-state index is 5.56. The van der Waals surface area contributed by atoms with Gasteiger partial charge >= 0.3 is 0 Å². The van der Waals surface area contributed by atoms with E-state index in [1.807, 2.05) is 0 Å². The van der Waals surface area contributed by atoms with E-state index >= 15 is 0 Å². The number of hydrogen-bond acceptors (Lipinski definition) is 5. The standard InChI is InChI=1S/C11H20N4S/c1-2-7-15(8-3-6-12)11-13-10(14-16-11)9-4-5-9/h9H,2-8,12H2,1H3. The molecule has 2 rings (SSSR count). The van der Waals surface area contributed by atoms with Crippen LogP contribution in [0.4, 0.5) is 5.13 Å². The van der Waals surface area contributed by atoms with Crippen LogP contribution in [0.3, 0.4) is 0 Å². The van der Waals surface area contributed by atoms with Gasteiger partial charge in [0.1, 0.15) is 5.82 Å². The molecule has 0 radical (unpaired) electrons. The topological polar surface area (TPSA) is 55.0 Å². The number of nitrogens with two attached hydrogens (primary N) is 1. The van der Waals surface area contributed by atoms with Crippen LogP contribution in [0.25, 0.3) is 0 Å². The lowest BCUT2D eigenvalue weighted by molar-refractivity contribution is 0.716. The average molecular weight is 240 g/mol. The molecule has 1 aliphatic carbocycles. The van der Waals surface area contributed by atoms with Gasteiger partial charge in [-0.15, -0.1) is 0 Å². The van der Waals surface area contributed by atoms with Gasteiger partial charge in [0.05, 0.1) is 0 Å². The molecule has 0 spiro atoms. The summed E-state index contributed by atoms with van der Waals surface area (Å²) in [6.07, 6.45) is 4.71. The Morgan fingerprint density at radius 3 is 2.88 bits per heavy atom. The van der Waals surface area contributed by atoms with Crippen molar-refractivity contribution < 1.29 is 0 Å². The number of rotatable bonds is 7. The van der Waals surface area contributed by atoms with Crippen LogP contribution >= 0.6 is 11.5 Å². The van der Waals surface area contributed by atoms with Gasteiger partial charge in [0.15, 0.2) is 0 Å². The first-order valence-electron chi connectivity index (χ1n) is 6.13. The number of nitrogens with zero attached hydrogens (tertiary/aromatic N) is 3. The molecule has 0 aromatic carbocycles. The van der Waals surface area contributed by atoms with Crippen LogP contribution in [0.1, 0.15) is 44.3 Å². The molecule has 0 aliphatic heterocycles. The van der Waals surface area contributed by atoms with Gasteiger partial charge in [-0.2, -0.15) is 4.37 Å². The number of anilines is 1. The quantitative estimate of drug-likeness (QED) is 0.792. The summed E-state index contributed by atoms with van der Waals surface area (Å²) in [4.78, 5) is 6.95. The zero-order valence-corrected chi connectivity index (χ0v) is 10.7. The molecule has 2 N–H and O–H groups in total. The van der Waals surface area contributed by atoms with Crippen LogP contribution in [0.5, 0.6) is 0 Å². The van der Waals surface area contributed by atoms with Crippen molar-refractivity contribution in [2.75, 3.05) is 24.5 Å². The highest BCUT2D eigenvalue weighted by molar-refractivity contribution is 7.09. The summed E-state index contributed by atoms with van der Waals surface area (Å²) < 4.78 is 4.45. The molecule has 0 amide bonds. The van der Waals surface area contributed by atoms with Crippen molar-refractivity contribution in [2.24, 2.45) is 5.73 Å². The molecule has 16 heavy (non-hydrogen) atoms. The van der Waals surface area contributed by atoms with Gasteiger partial charge in [-0.05, 0) is 32.2 Å². The lowest BCUT2D eigenvalue weighted by Crippen LogP contribution is -2.26. The van der Waals surface area contributed by atoms with Gasteiger partial charge in [0.25, 0.3) is 0 Å². The molecule has 1 fully saturated rings. The Morgan fingerprint density at radius 2 is 2.25 bits per heavy atom. The summed E-state index contributed by atoms with van der Waals surface area (Å²) in [6.45, 7) is 5.00. The van der Waals surface area contributed by atoms with Crippen molar-refractivity contribution in [3.8, 4) is 0 Å². The van der Waals surface area contributed by atoms with Crippen molar-refractivity contribution >= 4 is 16.7 Å². The lowest BCUT2D eigenvalue weighted by Gasteiger charge is -2.19. The molecular formula is C11H20N4S. The van der Waals surface area contributed by atoms with Crippen LogP contribution in [0.2, 0.25) is 0 Å². The molecule has 90 valence electrons. The number of hydrogen-bond donors (Lipinski definition) is 1. The summed E-state index contributed by atoms with van der Waals surface area (Å²) in [5, 5.41) is 1.08. The first-order valence-corrected chi connectivity index (χ1v) is 6.91. The van der Waals surface area contributed by atoms with E-state index in [0.717, 1.165) is 43.4 Å². The molecule has 1 aromatic heterocycles. The Hall–Kier alpha value is -0.680. The van der Waals surface area contributed by atoms with Gasteiger partial charge < -0.3 is 10.6 Å². The second-order valence-corrected chi connectivity index (χ2v) is 5.07. The maximum Gasteiger partial charge on any atom is 0.205 e. The fourth-order valence-corrected chi connectivity index (χ4v) is 2.51. The lowest BCUT2D eigenvalue weighted by atomic mass is 10.3. The molecule has 0 bridgehead atoms. The molecule has 1 aliphatic rings. The molecule has 1 aromatic rings. The largest absolute Gasteiger partial charge is 0.347 e. The van der Waals surface area contributed by atoms with Gasteiger partial charge in [-0.3, -0.25) is 0 Å². The van der Waals surface area contributed by atoms with Crippen LogP contribution in [0, 0.1) is 0 Å². The molecule has 5 heteroatoms. The van der Waals surface area contributed by atoms with Crippen LogP contribution in [-0.2, 0) is 0 Å². The zero-order chi connectivity index (χ0) is 11.4. The summed E-state index contributed by atoms with van der Waals surface area (Å²) in [5.74, 6) is 1.72. The van der Waals surface area contributed by atoms with E-state index in [4.69, 9.17) is 5.73 Å². The average Bonchev–Trinajstić information content (AvgIpc) is 3.03. The molecule has 4 nitrogen and oxygen atoms in total. The van der Waals surface area contributed by atoms with Crippen molar-refractivity contribution in [3.05, 3.63) is 5.82 Å². The van der Waals surface area contributed by atoms with E-state index in [1.54, 1.807) is 11.5 Å². The molecule has 0 atom stereocenters. The summed E-state index contributed by atoms with van der Waals surface area (Å²) in [6, 6.07) is 0. The van der Waals surface area contributed by atoms with Crippen molar-refractivity contribution in [1.29, 1.82) is 0 Å². The van der Waals surface area contributed by atoms with E-state index in [1.165, 1.54) is 12.8 Å². The van der Waals surface area contributed by atoms with Gasteiger partial charge in [-0.1, -0.05) is 6.92 Å². The molecule has 0 saturated heterocycles. The van der Waals surface area contributed by atoms with Crippen molar-refractivity contribution in [3.63, 3.8) is 0 Å². The first-order chi connectivity index (χ1) is 7.85. The number of aromatic nitrogens is 2. The van der Waals surface area contributed by atoms with E-state index < -0.39 is 0 Å². The van der Waals surface area contributed by atoms with Gasteiger partial charge in [0, 0.05) is 30.5 Å². The van der Waals surface area contributed by atoms with Gasteiger partial charge in [0.2, 0.25) is 5.13 Å². The summed E-state index contributed by atoms with van der Waals surface area (Å²) in [7, 11) is 0. The van der Waals surface area contributed by atoms with Crippen LogP contribution < -0.4 is 10.6 Å². The third kappa shape index (κ3) is 2.92. The summed E-state index contributed by atoms with van der Waals surface area (Å²) in [5.41, 5.74) is 5.56. The Bertz CT molecular complexity index is 322. The smallest absolute Gasteiger partial charge is 0.205 e. The maximum absolute atomic E-state index is 5.56. The Balaban J connectivity index is 1.98. The van der Waals surface area contributed by atoms with Crippen molar-refractivity contribution in [1.82, 2.24) is 9.36 Å². The van der Waals surface area contributed by atoms with Crippen molar-refractivity contribution in [2.45, 2.75) is 38.5 Å². The summed E-state index contributed by atoms with van der Waals surface area (Å²) >= 11 is 1.54.